The summed E-state index contributed by atoms with van der Waals surface area (Å²) in [6.45, 7) is 16.6. The number of hydrogen-bond acceptors (Lipinski definition) is 2. The van der Waals surface area contributed by atoms with Crippen LogP contribution in [0.5, 0.6) is 5.75 Å². The van der Waals surface area contributed by atoms with E-state index in [1.54, 1.807) is 0 Å². The van der Waals surface area contributed by atoms with E-state index in [0.29, 0.717) is 5.75 Å². The number of carbonyl (C=O) groups is 1. The van der Waals surface area contributed by atoms with Crippen molar-refractivity contribution < 1.29 is 9.53 Å². The summed E-state index contributed by atoms with van der Waals surface area (Å²) < 4.78 is 5.70. The second kappa shape index (κ2) is 7.08. The van der Waals surface area contributed by atoms with Crippen molar-refractivity contribution in [3.8, 4) is 5.75 Å². The van der Waals surface area contributed by atoms with Gasteiger partial charge in [-0.15, -0.1) is 0 Å². The molecule has 116 valence electrons. The summed E-state index contributed by atoms with van der Waals surface area (Å²) in [5.74, 6) is 0.459. The van der Waals surface area contributed by atoms with Gasteiger partial charge in [0, 0.05) is 5.20 Å². The average Bonchev–Trinajstić information content (AvgIpc) is 2.44. The van der Waals surface area contributed by atoms with Crippen molar-refractivity contribution in [1.29, 1.82) is 0 Å². The number of aryl methyl sites for hydroxylation is 3. The van der Waals surface area contributed by atoms with Crippen LogP contribution in [0, 0.1) is 20.8 Å². The van der Waals surface area contributed by atoms with Crippen molar-refractivity contribution in [2.75, 3.05) is 0 Å². The Kier molecular flexibility index (Phi) is 5.96. The van der Waals surface area contributed by atoms with Crippen LogP contribution in [0.2, 0.25) is 18.1 Å². The molecule has 1 rings (SSSR count). The molecule has 0 unspecified atom stereocenters. The van der Waals surface area contributed by atoms with Gasteiger partial charge in [0.1, 0.15) is 5.75 Å². The first-order chi connectivity index (χ1) is 9.81. The Balaban J connectivity index is 3.04. The summed E-state index contributed by atoms with van der Waals surface area (Å²) in [5, 5.41) is 0.731. The second-order valence-corrected chi connectivity index (χ2v) is 11.2. The van der Waals surface area contributed by atoms with E-state index in [1.165, 1.54) is 5.56 Å². The van der Waals surface area contributed by atoms with Gasteiger partial charge in [-0.25, -0.2) is 4.79 Å². The number of benzene rings is 1. The Morgan fingerprint density at radius 1 is 1.05 bits per heavy atom. The van der Waals surface area contributed by atoms with Crippen LogP contribution in [0.15, 0.2) is 23.9 Å². The van der Waals surface area contributed by atoms with Crippen molar-refractivity contribution in [3.63, 3.8) is 0 Å². The molecule has 0 N–H and O–H groups in total. The summed E-state index contributed by atoms with van der Waals surface area (Å²) in [6, 6.07) is 7.21. The van der Waals surface area contributed by atoms with E-state index in [2.05, 4.69) is 27.4 Å². The van der Waals surface area contributed by atoms with Crippen molar-refractivity contribution in [1.82, 2.24) is 0 Å². The van der Waals surface area contributed by atoms with Crippen molar-refractivity contribution in [3.05, 3.63) is 40.6 Å². The van der Waals surface area contributed by atoms with Crippen LogP contribution < -0.4 is 4.74 Å². The van der Waals surface area contributed by atoms with Gasteiger partial charge in [0.15, 0.2) is 0 Å². The summed E-state index contributed by atoms with van der Waals surface area (Å²) in [7, 11) is -1.75. The first-order valence-corrected chi connectivity index (χ1v) is 10.4. The highest BCUT2D eigenvalue weighted by Gasteiger charge is 2.35. The van der Waals surface area contributed by atoms with E-state index < -0.39 is 8.07 Å². The van der Waals surface area contributed by atoms with Crippen LogP contribution in [-0.2, 0) is 4.79 Å². The van der Waals surface area contributed by atoms with Gasteiger partial charge in [0.25, 0.3) is 0 Å². The van der Waals surface area contributed by atoms with Gasteiger partial charge in [0.05, 0.1) is 8.07 Å². The van der Waals surface area contributed by atoms with Gasteiger partial charge >= 0.3 is 5.97 Å². The Hall–Kier alpha value is -1.35. The number of carbonyl (C=O) groups excluding carboxylic acids is 1. The first kappa shape index (κ1) is 17.7. The van der Waals surface area contributed by atoms with Crippen molar-refractivity contribution >= 4 is 14.0 Å². The minimum absolute atomic E-state index is 0.234. The minimum atomic E-state index is -1.75. The topological polar surface area (TPSA) is 26.3 Å². The van der Waals surface area contributed by atoms with Gasteiger partial charge in [-0.05, 0) is 31.9 Å². The summed E-state index contributed by atoms with van der Waals surface area (Å²) in [4.78, 5) is 12.5. The zero-order valence-corrected chi connectivity index (χ0v) is 15.3. The smallest absolute Gasteiger partial charge is 0.334 e. The van der Waals surface area contributed by atoms with E-state index in [9.17, 15) is 4.79 Å². The number of rotatable bonds is 6. The molecule has 0 aliphatic carbocycles. The molecular weight excluding hydrogens is 276 g/mol. The van der Waals surface area contributed by atoms with Gasteiger partial charge in [0.2, 0.25) is 0 Å². The predicted octanol–water partition coefficient (Wildman–Crippen LogP) is 5.12. The molecule has 0 aromatic heterocycles. The maximum absolute atomic E-state index is 12.5. The van der Waals surface area contributed by atoms with Crippen LogP contribution >= 0.6 is 0 Å². The van der Waals surface area contributed by atoms with Crippen LogP contribution in [0.25, 0.3) is 0 Å². The molecule has 0 fully saturated rings. The molecule has 1 aromatic carbocycles. The maximum atomic E-state index is 12.5. The molecule has 0 aliphatic heterocycles. The highest BCUT2D eigenvalue weighted by Crippen LogP contribution is 2.30. The quantitative estimate of drug-likeness (QED) is 0.315. The highest BCUT2D eigenvalue weighted by molar-refractivity contribution is 6.89. The lowest BCUT2D eigenvalue weighted by atomic mass is 10.1. The molecule has 0 bridgehead atoms. The summed E-state index contributed by atoms with van der Waals surface area (Å²) in [5.41, 5.74) is 3.19. The molecule has 0 saturated carbocycles. The van der Waals surface area contributed by atoms with Gasteiger partial charge < -0.3 is 4.74 Å². The largest absolute Gasteiger partial charge is 0.423 e. The third kappa shape index (κ3) is 3.65. The zero-order chi connectivity index (χ0) is 16.2. The minimum Gasteiger partial charge on any atom is -0.423 e. The molecule has 0 radical (unpaired) electrons. The Bertz CT molecular complexity index is 511. The fourth-order valence-corrected chi connectivity index (χ4v) is 6.35. The lowest BCUT2D eigenvalue weighted by molar-refractivity contribution is -0.129. The molecule has 0 amide bonds. The van der Waals surface area contributed by atoms with Crippen molar-refractivity contribution in [2.45, 2.75) is 59.7 Å². The van der Waals surface area contributed by atoms with Crippen LogP contribution in [0.4, 0.5) is 0 Å². The number of ether oxygens (including phenoxy) is 1. The monoisotopic (exact) mass is 304 g/mol. The van der Waals surface area contributed by atoms with E-state index >= 15 is 0 Å². The number of esters is 1. The van der Waals surface area contributed by atoms with Crippen molar-refractivity contribution in [2.24, 2.45) is 0 Å². The van der Waals surface area contributed by atoms with E-state index in [-0.39, 0.29) is 5.97 Å². The predicted molar refractivity (Wildman–Crippen MR) is 92.6 cm³/mol. The Labute approximate surface area is 130 Å². The molecule has 2 nitrogen and oxygen atoms in total. The zero-order valence-electron chi connectivity index (χ0n) is 14.3. The average molecular weight is 305 g/mol. The summed E-state index contributed by atoms with van der Waals surface area (Å²) in [6.07, 6.45) is 0. The molecule has 0 saturated heterocycles. The molecular formula is C18H28O2Si. The Morgan fingerprint density at radius 3 is 1.86 bits per heavy atom. The molecule has 1 aromatic rings. The van der Waals surface area contributed by atoms with E-state index in [4.69, 9.17) is 4.74 Å². The standard InChI is InChI=1S/C18H28O2Si/c1-8-21(9-2,10-3)16(7)18(19)20-17-14(5)11-13(4)12-15(17)6/h11-12H,7-10H2,1-6H3. The molecule has 21 heavy (non-hydrogen) atoms. The van der Waals surface area contributed by atoms with Crippen LogP contribution in [0.3, 0.4) is 0 Å². The van der Waals surface area contributed by atoms with Crippen LogP contribution in [0.1, 0.15) is 37.5 Å². The maximum Gasteiger partial charge on any atom is 0.334 e. The van der Waals surface area contributed by atoms with E-state index in [0.717, 1.165) is 34.5 Å². The van der Waals surface area contributed by atoms with Gasteiger partial charge in [-0.2, -0.15) is 0 Å². The Morgan fingerprint density at radius 2 is 1.48 bits per heavy atom. The third-order valence-corrected chi connectivity index (χ3v) is 10.3. The lowest BCUT2D eigenvalue weighted by Gasteiger charge is -2.29. The molecule has 0 atom stereocenters. The SMILES string of the molecule is C=C(C(=O)Oc1c(C)cc(C)cc1C)[Si](CC)(CC)CC. The lowest BCUT2D eigenvalue weighted by Crippen LogP contribution is -2.39. The fraction of sp³-hybridized carbons (Fsp3) is 0.500. The van der Waals surface area contributed by atoms with E-state index in [1.807, 2.05) is 32.9 Å². The number of hydrogen-bond donors (Lipinski definition) is 0. The second-order valence-electron chi connectivity index (χ2n) is 5.94. The molecule has 0 aliphatic rings. The molecule has 0 spiro atoms. The van der Waals surface area contributed by atoms with Crippen LogP contribution in [-0.4, -0.2) is 14.0 Å². The first-order valence-electron chi connectivity index (χ1n) is 7.80. The summed E-state index contributed by atoms with van der Waals surface area (Å²) >= 11 is 0. The molecule has 3 heteroatoms. The van der Waals surface area contributed by atoms with Gasteiger partial charge in [-0.1, -0.05) is 63.2 Å². The van der Waals surface area contributed by atoms with Gasteiger partial charge in [-0.3, -0.25) is 0 Å². The molecule has 0 heterocycles. The third-order valence-electron chi connectivity index (χ3n) is 4.72. The fourth-order valence-electron chi connectivity index (χ4n) is 3.09. The highest BCUT2D eigenvalue weighted by atomic mass is 28.3. The normalized spacial score (nSPS) is 11.3.